The van der Waals surface area contributed by atoms with E-state index in [0.29, 0.717) is 22.6 Å². The summed E-state index contributed by atoms with van der Waals surface area (Å²) in [5.41, 5.74) is 4.46. The molecule has 0 aliphatic carbocycles. The fourth-order valence-electron chi connectivity index (χ4n) is 4.67. The van der Waals surface area contributed by atoms with Gasteiger partial charge in [-0.2, -0.15) is 19.7 Å². The minimum Gasteiger partial charge on any atom is -0.497 e. The molecule has 3 heterocycles. The summed E-state index contributed by atoms with van der Waals surface area (Å²) in [7, 11) is 1.59. The van der Waals surface area contributed by atoms with Crippen molar-refractivity contribution in [2.45, 2.75) is 20.3 Å². The van der Waals surface area contributed by atoms with Crippen LogP contribution in [0.2, 0.25) is 0 Å². The highest BCUT2D eigenvalue weighted by atomic mass is 32.1. The second-order valence-electron chi connectivity index (χ2n) is 9.63. The van der Waals surface area contributed by atoms with Crippen LogP contribution in [-0.2, 0) is 6.42 Å². The van der Waals surface area contributed by atoms with Gasteiger partial charge < -0.3 is 9.47 Å². The van der Waals surface area contributed by atoms with Crippen LogP contribution in [0.4, 0.5) is 0 Å². The smallest absolute Gasteiger partial charge is 0.296 e. The Morgan fingerprint density at radius 3 is 2.48 bits per heavy atom. The summed E-state index contributed by atoms with van der Waals surface area (Å²) >= 11 is 1.12. The normalized spacial score (nSPS) is 11.7. The Hall–Kier alpha value is -5.09. The second-order valence-corrected chi connectivity index (χ2v) is 10.6. The molecule has 0 saturated heterocycles. The summed E-state index contributed by atoms with van der Waals surface area (Å²) < 4.78 is 14.3. The quantitative estimate of drug-likeness (QED) is 0.267. The maximum Gasteiger partial charge on any atom is 0.296 e. The first-order valence-corrected chi connectivity index (χ1v) is 14.2. The van der Waals surface area contributed by atoms with Gasteiger partial charge in [0.15, 0.2) is 0 Å². The maximum absolute atomic E-state index is 13.5. The molecule has 0 aliphatic rings. The molecule has 0 N–H and O–H groups in total. The standard InChI is InChI=1S/C32H27N5O4S/c1-4-41-27-15-12-22(16-20(27)2)29-23(19-36(35-29)24-8-6-5-7-9-24)18-28-31(39)37-32(42-28)33-30(38)26(34-37)17-21-10-13-25(40-3)14-11-21/h5-16,18-19H,4,17H2,1-3H3. The number of methoxy groups -OCH3 is 1. The number of para-hydroxylation sites is 1. The maximum atomic E-state index is 13.5. The Morgan fingerprint density at radius 1 is 0.976 bits per heavy atom. The zero-order valence-electron chi connectivity index (χ0n) is 23.3. The molecule has 0 bridgehead atoms. The first-order chi connectivity index (χ1) is 20.4. The van der Waals surface area contributed by atoms with E-state index in [9.17, 15) is 9.59 Å². The van der Waals surface area contributed by atoms with Crippen LogP contribution in [0.25, 0.3) is 28.0 Å². The lowest BCUT2D eigenvalue weighted by atomic mass is 10.0. The number of nitrogens with zero attached hydrogens (tertiary/aromatic N) is 5. The molecule has 6 rings (SSSR count). The van der Waals surface area contributed by atoms with Crippen molar-refractivity contribution >= 4 is 22.4 Å². The van der Waals surface area contributed by atoms with Crippen LogP contribution in [-0.4, -0.2) is 38.1 Å². The van der Waals surface area contributed by atoms with E-state index in [1.807, 2.05) is 92.8 Å². The number of aromatic nitrogens is 5. The predicted octanol–water partition coefficient (Wildman–Crippen LogP) is 4.22. The van der Waals surface area contributed by atoms with Crippen LogP contribution in [0.3, 0.4) is 0 Å². The van der Waals surface area contributed by atoms with Gasteiger partial charge >= 0.3 is 0 Å². The number of ether oxygens (including phenoxy) is 2. The van der Waals surface area contributed by atoms with E-state index in [1.54, 1.807) is 17.9 Å². The zero-order chi connectivity index (χ0) is 29.2. The highest BCUT2D eigenvalue weighted by Gasteiger charge is 2.16. The number of fused-ring (bicyclic) bond motifs is 1. The van der Waals surface area contributed by atoms with Gasteiger partial charge in [-0.05, 0) is 73.5 Å². The van der Waals surface area contributed by atoms with Gasteiger partial charge in [0.1, 0.15) is 22.9 Å². The van der Waals surface area contributed by atoms with Crippen LogP contribution in [0, 0.1) is 6.92 Å². The molecule has 3 aromatic carbocycles. The van der Waals surface area contributed by atoms with Gasteiger partial charge in [-0.1, -0.05) is 41.7 Å². The molecule has 0 unspecified atom stereocenters. The molecule has 0 atom stereocenters. The van der Waals surface area contributed by atoms with Crippen LogP contribution in [0.1, 0.15) is 29.3 Å². The second kappa shape index (κ2) is 11.4. The van der Waals surface area contributed by atoms with Crippen molar-refractivity contribution in [1.29, 1.82) is 0 Å². The Morgan fingerprint density at radius 2 is 1.76 bits per heavy atom. The highest BCUT2D eigenvalue weighted by Crippen LogP contribution is 2.29. The van der Waals surface area contributed by atoms with Crippen LogP contribution in [0.15, 0.2) is 88.6 Å². The van der Waals surface area contributed by atoms with Gasteiger partial charge in [-0.25, -0.2) is 4.68 Å². The molecule has 210 valence electrons. The fraction of sp³-hybridized carbons (Fsp3) is 0.156. The van der Waals surface area contributed by atoms with Gasteiger partial charge in [-0.3, -0.25) is 9.59 Å². The summed E-state index contributed by atoms with van der Waals surface area (Å²) in [4.78, 5) is 30.7. The number of benzene rings is 3. The van der Waals surface area contributed by atoms with Gasteiger partial charge in [0.25, 0.3) is 11.1 Å². The van der Waals surface area contributed by atoms with Gasteiger partial charge in [0.2, 0.25) is 4.96 Å². The molecule has 42 heavy (non-hydrogen) atoms. The molecule has 9 nitrogen and oxygen atoms in total. The van der Waals surface area contributed by atoms with E-state index in [2.05, 4.69) is 10.1 Å². The first kappa shape index (κ1) is 27.1. The Balaban J connectivity index is 1.45. The monoisotopic (exact) mass is 577 g/mol. The zero-order valence-corrected chi connectivity index (χ0v) is 24.1. The summed E-state index contributed by atoms with van der Waals surface area (Å²) in [6, 6.07) is 23.0. The average molecular weight is 578 g/mol. The van der Waals surface area contributed by atoms with Gasteiger partial charge in [-0.15, -0.1) is 0 Å². The third kappa shape index (κ3) is 5.31. The average Bonchev–Trinajstić information content (AvgIpc) is 3.56. The van der Waals surface area contributed by atoms with Crippen molar-refractivity contribution in [3.63, 3.8) is 0 Å². The third-order valence-corrected chi connectivity index (χ3v) is 7.74. The van der Waals surface area contributed by atoms with E-state index in [0.717, 1.165) is 45.0 Å². The van der Waals surface area contributed by atoms with Gasteiger partial charge in [0.05, 0.1) is 23.9 Å². The topological polar surface area (TPSA) is 101 Å². The molecular formula is C32H27N5O4S. The Bertz CT molecular complexity index is 2070. The summed E-state index contributed by atoms with van der Waals surface area (Å²) in [6.07, 6.45) is 3.92. The molecule has 10 heteroatoms. The SMILES string of the molecule is CCOc1ccc(-c2nn(-c3ccccc3)cc2C=c2sc3nc(=O)c(Cc4ccc(OC)cc4)nn3c2=O)cc1C. The number of hydrogen-bond donors (Lipinski definition) is 0. The highest BCUT2D eigenvalue weighted by molar-refractivity contribution is 7.15. The summed E-state index contributed by atoms with van der Waals surface area (Å²) in [5, 5.41) is 9.28. The molecule has 0 saturated carbocycles. The van der Waals surface area contributed by atoms with E-state index < -0.39 is 5.56 Å². The van der Waals surface area contributed by atoms with Crippen LogP contribution >= 0.6 is 11.3 Å². The molecule has 0 spiro atoms. The molecular weight excluding hydrogens is 550 g/mol. The molecule has 6 aromatic rings. The minimum absolute atomic E-state index is 0.196. The lowest BCUT2D eigenvalue weighted by Crippen LogP contribution is -2.28. The minimum atomic E-state index is -0.457. The number of thiazole rings is 1. The Kier molecular flexibility index (Phi) is 7.37. The summed E-state index contributed by atoms with van der Waals surface area (Å²) in [6.45, 7) is 4.52. The lowest BCUT2D eigenvalue weighted by Gasteiger charge is -2.08. The largest absolute Gasteiger partial charge is 0.497 e. The number of aryl methyl sites for hydroxylation is 1. The van der Waals surface area contributed by atoms with Crippen molar-refractivity contribution in [3.05, 3.63) is 127 Å². The van der Waals surface area contributed by atoms with Crippen molar-refractivity contribution in [2.24, 2.45) is 0 Å². The third-order valence-electron chi connectivity index (χ3n) is 6.78. The number of rotatable bonds is 8. The van der Waals surface area contributed by atoms with E-state index in [-0.39, 0.29) is 22.6 Å². The van der Waals surface area contributed by atoms with E-state index >= 15 is 0 Å². The van der Waals surface area contributed by atoms with Gasteiger partial charge in [0, 0.05) is 23.7 Å². The van der Waals surface area contributed by atoms with E-state index in [1.165, 1.54) is 4.52 Å². The van der Waals surface area contributed by atoms with Crippen LogP contribution < -0.4 is 25.1 Å². The van der Waals surface area contributed by atoms with E-state index in [4.69, 9.17) is 14.6 Å². The molecule has 0 amide bonds. The molecule has 0 aliphatic heterocycles. The molecule has 3 aromatic heterocycles. The van der Waals surface area contributed by atoms with Crippen molar-refractivity contribution < 1.29 is 9.47 Å². The van der Waals surface area contributed by atoms with Crippen molar-refractivity contribution in [3.8, 4) is 28.4 Å². The van der Waals surface area contributed by atoms with Crippen molar-refractivity contribution in [2.75, 3.05) is 13.7 Å². The fourth-order valence-corrected chi connectivity index (χ4v) is 5.57. The predicted molar refractivity (Wildman–Crippen MR) is 163 cm³/mol. The van der Waals surface area contributed by atoms with Crippen LogP contribution in [0.5, 0.6) is 11.5 Å². The lowest BCUT2D eigenvalue weighted by molar-refractivity contribution is 0.338. The van der Waals surface area contributed by atoms with Crippen molar-refractivity contribution in [1.82, 2.24) is 24.4 Å². The molecule has 0 radical (unpaired) electrons. The molecule has 0 fully saturated rings. The Labute approximate surface area is 244 Å². The number of hydrogen-bond acceptors (Lipinski definition) is 8. The summed E-state index contributed by atoms with van der Waals surface area (Å²) in [5.74, 6) is 1.53. The first-order valence-electron chi connectivity index (χ1n) is 13.4.